The summed E-state index contributed by atoms with van der Waals surface area (Å²) < 4.78 is 5.14. The molecule has 0 amide bonds. The molecule has 140 valence electrons. The van der Waals surface area contributed by atoms with E-state index in [0.29, 0.717) is 12.8 Å². The number of rotatable bonds is 2. The number of hydrogen-bond donors (Lipinski definition) is 1. The molecule has 0 heterocycles. The monoisotopic (exact) mass is 348 g/mol. The van der Waals surface area contributed by atoms with Gasteiger partial charge in [-0.2, -0.15) is 0 Å². The highest BCUT2D eigenvalue weighted by Gasteiger charge is 2.63. The second kappa shape index (κ2) is 5.94. The Morgan fingerprint density at radius 2 is 1.92 bits per heavy atom. The molecule has 0 aromatic rings. The lowest BCUT2D eigenvalue weighted by atomic mass is 9.43. The van der Waals surface area contributed by atoms with Gasteiger partial charge in [-0.1, -0.05) is 27.2 Å². The maximum atomic E-state index is 12.7. The summed E-state index contributed by atoms with van der Waals surface area (Å²) in [6.45, 7) is 8.23. The number of Topliss-reactive ketones (excluding diaryl/α,β-unsaturated/α-hetero) is 1. The predicted octanol–water partition coefficient (Wildman–Crippen LogP) is 3.67. The first-order valence-corrected chi connectivity index (χ1v) is 9.65. The molecule has 3 aliphatic rings. The van der Waals surface area contributed by atoms with Gasteiger partial charge < -0.3 is 9.84 Å². The van der Waals surface area contributed by atoms with Crippen molar-refractivity contribution in [1.29, 1.82) is 0 Å². The highest BCUT2D eigenvalue weighted by molar-refractivity contribution is 5.97. The number of allylic oxidation sites excluding steroid dienone is 1. The minimum atomic E-state index is -0.923. The first kappa shape index (κ1) is 18.6. The highest BCUT2D eigenvalue weighted by atomic mass is 16.5. The minimum absolute atomic E-state index is 0.113. The standard InChI is InChI=1S/C21H32O4/c1-13(2)14-12-21(24)10-7-16-19(3,17(21)11-15(14)22)8-6-9-20(16,4)18(23)25-5/h12-13,16-17,24H,6-11H2,1-5H3/t16-,17-,19+,20+,21-/m1/s1. The Labute approximate surface area is 151 Å². The molecule has 1 N–H and O–H groups in total. The van der Waals surface area contributed by atoms with Crippen LogP contribution < -0.4 is 0 Å². The van der Waals surface area contributed by atoms with Crippen LogP contribution in [0.4, 0.5) is 0 Å². The molecule has 0 unspecified atom stereocenters. The number of ether oxygens (including phenoxy) is 1. The van der Waals surface area contributed by atoms with Crippen molar-refractivity contribution in [3.05, 3.63) is 11.6 Å². The SMILES string of the molecule is COC(=O)[C@@]1(C)CCC[C@]2(C)[C@H]3CC(=O)C(C(C)C)=C[C@]3(O)CC[C@H]21. The Morgan fingerprint density at radius 3 is 2.52 bits per heavy atom. The van der Waals surface area contributed by atoms with Gasteiger partial charge in [-0.15, -0.1) is 0 Å². The zero-order chi connectivity index (χ0) is 18.6. The molecule has 0 spiro atoms. The largest absolute Gasteiger partial charge is 0.469 e. The van der Waals surface area contributed by atoms with E-state index in [2.05, 4.69) is 6.92 Å². The molecule has 5 atom stereocenters. The number of ketones is 1. The third-order valence-electron chi connectivity index (χ3n) is 7.60. The van der Waals surface area contributed by atoms with E-state index in [0.717, 1.165) is 31.3 Å². The molecule has 3 rings (SSSR count). The van der Waals surface area contributed by atoms with Crippen molar-refractivity contribution in [2.24, 2.45) is 28.6 Å². The van der Waals surface area contributed by atoms with Crippen LogP contribution in [0.1, 0.15) is 66.2 Å². The summed E-state index contributed by atoms with van der Waals surface area (Å²) in [6, 6.07) is 0. The smallest absolute Gasteiger partial charge is 0.311 e. The number of carbonyl (C=O) groups is 2. The fourth-order valence-electron chi connectivity index (χ4n) is 6.30. The molecule has 0 saturated heterocycles. The summed E-state index contributed by atoms with van der Waals surface area (Å²) in [6.07, 6.45) is 6.38. The quantitative estimate of drug-likeness (QED) is 0.774. The summed E-state index contributed by atoms with van der Waals surface area (Å²) in [4.78, 5) is 25.3. The molecule has 25 heavy (non-hydrogen) atoms. The average Bonchev–Trinajstić information content (AvgIpc) is 2.54. The van der Waals surface area contributed by atoms with Crippen LogP contribution in [-0.4, -0.2) is 29.6 Å². The van der Waals surface area contributed by atoms with Crippen LogP contribution in [0.15, 0.2) is 11.6 Å². The first-order chi connectivity index (χ1) is 11.6. The number of carbonyl (C=O) groups excluding carboxylic acids is 2. The van der Waals surface area contributed by atoms with Crippen LogP contribution in [0.2, 0.25) is 0 Å². The molecule has 0 radical (unpaired) electrons. The molecule has 2 fully saturated rings. The second-order valence-electron chi connectivity index (χ2n) is 9.29. The van der Waals surface area contributed by atoms with Gasteiger partial charge in [0.05, 0.1) is 18.1 Å². The number of esters is 1. The van der Waals surface area contributed by atoms with Crippen molar-refractivity contribution in [3.8, 4) is 0 Å². The van der Waals surface area contributed by atoms with E-state index in [1.807, 2.05) is 26.8 Å². The Morgan fingerprint density at radius 1 is 1.24 bits per heavy atom. The fourth-order valence-corrected chi connectivity index (χ4v) is 6.30. The molecular weight excluding hydrogens is 316 g/mol. The van der Waals surface area contributed by atoms with Crippen LogP contribution in [0.5, 0.6) is 0 Å². The third-order valence-corrected chi connectivity index (χ3v) is 7.60. The average molecular weight is 348 g/mol. The summed E-state index contributed by atoms with van der Waals surface area (Å²) in [5, 5.41) is 11.5. The van der Waals surface area contributed by atoms with Crippen molar-refractivity contribution in [3.63, 3.8) is 0 Å². The molecule has 0 aromatic heterocycles. The van der Waals surface area contributed by atoms with Gasteiger partial charge in [0.25, 0.3) is 0 Å². The van der Waals surface area contributed by atoms with Crippen LogP contribution in [0.3, 0.4) is 0 Å². The second-order valence-corrected chi connectivity index (χ2v) is 9.29. The summed E-state index contributed by atoms with van der Waals surface area (Å²) in [5.41, 5.74) is -0.892. The molecule has 2 saturated carbocycles. The van der Waals surface area contributed by atoms with Crippen molar-refractivity contribution < 1.29 is 19.4 Å². The molecule has 0 aromatic carbocycles. The predicted molar refractivity (Wildman–Crippen MR) is 95.8 cm³/mol. The van der Waals surface area contributed by atoms with Crippen molar-refractivity contribution in [2.75, 3.05) is 7.11 Å². The Kier molecular flexibility index (Phi) is 4.42. The minimum Gasteiger partial charge on any atom is -0.469 e. The molecule has 0 aliphatic heterocycles. The normalized spacial score (nSPS) is 44.0. The molecule has 4 heteroatoms. The van der Waals surface area contributed by atoms with Gasteiger partial charge in [0, 0.05) is 12.3 Å². The van der Waals surface area contributed by atoms with Gasteiger partial charge in [0.15, 0.2) is 5.78 Å². The van der Waals surface area contributed by atoms with E-state index in [-0.39, 0.29) is 34.9 Å². The zero-order valence-electron chi connectivity index (χ0n) is 16.2. The van der Waals surface area contributed by atoms with E-state index < -0.39 is 11.0 Å². The Hall–Kier alpha value is -1.16. The zero-order valence-corrected chi connectivity index (χ0v) is 16.2. The van der Waals surface area contributed by atoms with Gasteiger partial charge in [-0.3, -0.25) is 9.59 Å². The van der Waals surface area contributed by atoms with E-state index in [4.69, 9.17) is 4.74 Å². The maximum Gasteiger partial charge on any atom is 0.311 e. The Balaban J connectivity index is 2.04. The molecule has 0 bridgehead atoms. The van der Waals surface area contributed by atoms with Gasteiger partial charge >= 0.3 is 5.97 Å². The summed E-state index contributed by atoms with van der Waals surface area (Å²) >= 11 is 0. The van der Waals surface area contributed by atoms with Crippen molar-refractivity contribution in [1.82, 2.24) is 0 Å². The third kappa shape index (κ3) is 2.59. The maximum absolute atomic E-state index is 12.7. The number of fused-ring (bicyclic) bond motifs is 3. The highest BCUT2D eigenvalue weighted by Crippen LogP contribution is 2.64. The lowest BCUT2D eigenvalue weighted by molar-refractivity contribution is -0.189. The van der Waals surface area contributed by atoms with Gasteiger partial charge in [-0.05, 0) is 61.5 Å². The van der Waals surface area contributed by atoms with Gasteiger partial charge in [-0.25, -0.2) is 0 Å². The van der Waals surface area contributed by atoms with Crippen LogP contribution in [-0.2, 0) is 14.3 Å². The van der Waals surface area contributed by atoms with Gasteiger partial charge in [0.2, 0.25) is 0 Å². The first-order valence-electron chi connectivity index (χ1n) is 9.65. The molecule has 3 aliphatic carbocycles. The number of aliphatic hydroxyl groups is 1. The van der Waals surface area contributed by atoms with E-state index in [1.165, 1.54) is 7.11 Å². The van der Waals surface area contributed by atoms with E-state index in [1.54, 1.807) is 0 Å². The topological polar surface area (TPSA) is 63.6 Å². The van der Waals surface area contributed by atoms with Crippen LogP contribution in [0, 0.1) is 28.6 Å². The number of hydrogen-bond acceptors (Lipinski definition) is 4. The Bertz CT molecular complexity index is 621. The lowest BCUT2D eigenvalue weighted by Crippen LogP contribution is -2.61. The lowest BCUT2D eigenvalue weighted by Gasteiger charge is -2.61. The van der Waals surface area contributed by atoms with E-state index in [9.17, 15) is 14.7 Å². The fraction of sp³-hybridized carbons (Fsp3) is 0.810. The summed E-state index contributed by atoms with van der Waals surface area (Å²) in [5.74, 6) is 0.187. The van der Waals surface area contributed by atoms with E-state index >= 15 is 0 Å². The molecule has 4 nitrogen and oxygen atoms in total. The van der Waals surface area contributed by atoms with Gasteiger partial charge in [0.1, 0.15) is 0 Å². The van der Waals surface area contributed by atoms with Crippen molar-refractivity contribution >= 4 is 11.8 Å². The van der Waals surface area contributed by atoms with Crippen LogP contribution in [0.25, 0.3) is 0 Å². The van der Waals surface area contributed by atoms with Crippen molar-refractivity contribution in [2.45, 2.75) is 71.8 Å². The number of methoxy groups -OCH3 is 1. The summed E-state index contributed by atoms with van der Waals surface area (Å²) in [7, 11) is 1.46. The molecular formula is C21H32O4. The van der Waals surface area contributed by atoms with Crippen LogP contribution >= 0.6 is 0 Å².